The topological polar surface area (TPSA) is 26.3 Å². The molecular formula is C3H10O2S2. The quantitative estimate of drug-likeness (QED) is 0.578. The van der Waals surface area contributed by atoms with Crippen molar-refractivity contribution in [2.24, 2.45) is 0 Å². The van der Waals surface area contributed by atoms with Gasteiger partial charge in [-0.25, -0.2) is 4.21 Å². The van der Waals surface area contributed by atoms with Crippen LogP contribution in [0.15, 0.2) is 0 Å². The molecule has 46 valence electrons. The second-order valence-corrected chi connectivity index (χ2v) is 2.57. The minimum atomic E-state index is -1.17. The van der Waals surface area contributed by atoms with E-state index >= 15 is 0 Å². The lowest BCUT2D eigenvalue weighted by Gasteiger charge is -1.85. The minimum absolute atomic E-state index is 0. The second kappa shape index (κ2) is 6.46. The molecule has 0 saturated carbocycles. The first-order chi connectivity index (χ1) is 2.81. The molecule has 0 aromatic carbocycles. The molecule has 0 aromatic heterocycles. The van der Waals surface area contributed by atoms with Crippen molar-refractivity contribution >= 4 is 23.7 Å². The van der Waals surface area contributed by atoms with Gasteiger partial charge in [-0.2, -0.15) is 12.6 Å². The molecule has 1 unspecified atom stereocenters. The third-order valence-corrected chi connectivity index (χ3v) is 1.51. The Hall–Kier alpha value is 0.460. The molecule has 0 fully saturated rings. The van der Waals surface area contributed by atoms with Crippen molar-refractivity contribution in [2.75, 3.05) is 12.2 Å². The standard InChI is InChI=1S/C2H6O2S2.CH4/c1-4-6(3)2-5;/h5H,2H2,1H3;1H4. The third kappa shape index (κ3) is 6.46. The molecule has 0 bridgehead atoms. The van der Waals surface area contributed by atoms with E-state index in [1.807, 2.05) is 0 Å². The maximum absolute atomic E-state index is 9.99. The van der Waals surface area contributed by atoms with Gasteiger partial charge in [-0.3, -0.25) is 4.18 Å². The molecule has 0 amide bonds. The normalized spacial score (nSPS) is 12.3. The van der Waals surface area contributed by atoms with E-state index in [1.165, 1.54) is 7.11 Å². The van der Waals surface area contributed by atoms with Gasteiger partial charge in [0.15, 0.2) is 11.1 Å². The summed E-state index contributed by atoms with van der Waals surface area (Å²) in [6.45, 7) is 0. The van der Waals surface area contributed by atoms with E-state index in [0.717, 1.165) is 0 Å². The summed E-state index contributed by atoms with van der Waals surface area (Å²) >= 11 is 2.50. The van der Waals surface area contributed by atoms with Crippen molar-refractivity contribution in [3.63, 3.8) is 0 Å². The Labute approximate surface area is 52.3 Å². The highest BCUT2D eigenvalue weighted by Gasteiger charge is 1.84. The highest BCUT2D eigenvalue weighted by Crippen LogP contribution is 1.82. The molecule has 0 rings (SSSR count). The first-order valence-corrected chi connectivity index (χ1v) is 3.22. The lowest BCUT2D eigenvalue weighted by molar-refractivity contribution is 0.449. The smallest absolute Gasteiger partial charge is 0.165 e. The first kappa shape index (κ1) is 10.4. The zero-order valence-corrected chi connectivity index (χ0v) is 5.09. The van der Waals surface area contributed by atoms with Crippen LogP contribution >= 0.6 is 12.6 Å². The maximum Gasteiger partial charge on any atom is 0.165 e. The fourth-order valence-corrected chi connectivity index (χ4v) is 0.474. The lowest BCUT2D eigenvalue weighted by Crippen LogP contribution is -1.90. The highest BCUT2D eigenvalue weighted by atomic mass is 32.2. The van der Waals surface area contributed by atoms with Crippen LogP contribution in [0.25, 0.3) is 0 Å². The number of rotatable bonds is 2. The van der Waals surface area contributed by atoms with E-state index in [4.69, 9.17) is 0 Å². The predicted molar refractivity (Wildman–Crippen MR) is 35.7 cm³/mol. The molecule has 4 heteroatoms. The molecule has 0 N–H and O–H groups in total. The molecule has 0 aromatic rings. The van der Waals surface area contributed by atoms with Gasteiger partial charge in [0.05, 0.1) is 12.2 Å². The fraction of sp³-hybridized carbons (Fsp3) is 1.00. The second-order valence-electron chi connectivity index (χ2n) is 0.600. The van der Waals surface area contributed by atoms with Crippen LogP contribution in [0.3, 0.4) is 0 Å². The number of thiol groups is 1. The minimum Gasteiger partial charge on any atom is -0.293 e. The molecule has 0 aliphatic carbocycles. The van der Waals surface area contributed by atoms with Crippen LogP contribution in [0.5, 0.6) is 0 Å². The van der Waals surface area contributed by atoms with E-state index in [-0.39, 0.29) is 12.5 Å². The summed E-state index contributed by atoms with van der Waals surface area (Å²) in [6.07, 6.45) is 0. The summed E-state index contributed by atoms with van der Waals surface area (Å²) in [5.41, 5.74) is 0. The van der Waals surface area contributed by atoms with E-state index in [1.54, 1.807) is 0 Å². The molecular weight excluding hydrogens is 132 g/mol. The lowest BCUT2D eigenvalue weighted by atomic mass is 11.8. The number of hydrogen-bond acceptors (Lipinski definition) is 3. The first-order valence-electron chi connectivity index (χ1n) is 1.35. The Morgan fingerprint density at radius 3 is 2.29 bits per heavy atom. The summed E-state index contributed by atoms with van der Waals surface area (Å²) < 4.78 is 14.3. The molecule has 7 heavy (non-hydrogen) atoms. The van der Waals surface area contributed by atoms with Crippen molar-refractivity contribution in [1.29, 1.82) is 0 Å². The average Bonchev–Trinajstić information content (AvgIpc) is 1.65. The Morgan fingerprint density at radius 2 is 2.29 bits per heavy atom. The Morgan fingerprint density at radius 1 is 1.86 bits per heavy atom. The SMILES string of the molecule is C.COS(=O)CS. The van der Waals surface area contributed by atoms with Gasteiger partial charge < -0.3 is 0 Å². The molecule has 0 aliphatic heterocycles. The molecule has 1 atom stereocenters. The van der Waals surface area contributed by atoms with E-state index < -0.39 is 11.1 Å². The van der Waals surface area contributed by atoms with Gasteiger partial charge >= 0.3 is 0 Å². The van der Waals surface area contributed by atoms with Crippen LogP contribution in [-0.4, -0.2) is 16.4 Å². The average molecular weight is 142 g/mol. The van der Waals surface area contributed by atoms with Crippen LogP contribution < -0.4 is 0 Å². The van der Waals surface area contributed by atoms with Crippen molar-refractivity contribution in [3.05, 3.63) is 0 Å². The van der Waals surface area contributed by atoms with Crippen LogP contribution in [0.2, 0.25) is 0 Å². The monoisotopic (exact) mass is 142 g/mol. The van der Waals surface area contributed by atoms with Gasteiger partial charge in [0.25, 0.3) is 0 Å². The van der Waals surface area contributed by atoms with Gasteiger partial charge in [0.1, 0.15) is 0 Å². The zero-order chi connectivity index (χ0) is 4.99. The third-order valence-electron chi connectivity index (χ3n) is 0.291. The Bertz CT molecular complexity index is 48.9. The maximum atomic E-state index is 9.99. The predicted octanol–water partition coefficient (Wildman–Crippen LogP) is 0.820. The van der Waals surface area contributed by atoms with Crippen LogP contribution in [-0.2, 0) is 15.3 Å². The van der Waals surface area contributed by atoms with Gasteiger partial charge in [-0.15, -0.1) is 0 Å². The summed E-state index contributed by atoms with van der Waals surface area (Å²) in [6, 6.07) is 0. The van der Waals surface area contributed by atoms with Gasteiger partial charge in [-0.1, -0.05) is 7.43 Å². The molecule has 0 radical (unpaired) electrons. The highest BCUT2D eigenvalue weighted by molar-refractivity contribution is 7.97. The summed E-state index contributed by atoms with van der Waals surface area (Å²) in [5, 5.41) is 0.274. The number of hydrogen-bond donors (Lipinski definition) is 1. The Kier molecular flexibility index (Phi) is 9.64. The fourth-order valence-electron chi connectivity index (χ4n) is 0.0527. The van der Waals surface area contributed by atoms with Gasteiger partial charge in [-0.05, 0) is 0 Å². The molecule has 0 spiro atoms. The summed E-state index contributed by atoms with van der Waals surface area (Å²) in [5.74, 6) is 0. The van der Waals surface area contributed by atoms with Crippen LogP contribution in [0.1, 0.15) is 7.43 Å². The van der Waals surface area contributed by atoms with Crippen molar-refractivity contribution in [3.8, 4) is 0 Å². The van der Waals surface area contributed by atoms with Crippen molar-refractivity contribution in [1.82, 2.24) is 0 Å². The van der Waals surface area contributed by atoms with Crippen molar-refractivity contribution < 1.29 is 8.39 Å². The zero-order valence-electron chi connectivity index (χ0n) is 3.38. The van der Waals surface area contributed by atoms with E-state index in [0.29, 0.717) is 0 Å². The van der Waals surface area contributed by atoms with Crippen molar-refractivity contribution in [2.45, 2.75) is 7.43 Å². The van der Waals surface area contributed by atoms with Gasteiger partial charge in [0.2, 0.25) is 0 Å². The molecule has 0 aliphatic rings. The van der Waals surface area contributed by atoms with E-state index in [9.17, 15) is 4.21 Å². The van der Waals surface area contributed by atoms with E-state index in [2.05, 4.69) is 16.8 Å². The molecule has 2 nitrogen and oxygen atoms in total. The summed E-state index contributed by atoms with van der Waals surface area (Å²) in [4.78, 5) is 0. The summed E-state index contributed by atoms with van der Waals surface area (Å²) in [7, 11) is 1.38. The van der Waals surface area contributed by atoms with Crippen LogP contribution in [0.4, 0.5) is 0 Å². The molecule has 0 heterocycles. The van der Waals surface area contributed by atoms with Gasteiger partial charge in [0, 0.05) is 0 Å². The molecule has 0 saturated heterocycles. The Balaban J connectivity index is 0. The van der Waals surface area contributed by atoms with Crippen LogP contribution in [0, 0.1) is 0 Å². The largest absolute Gasteiger partial charge is 0.293 e.